The number of hydrogen-bond donors (Lipinski definition) is 1. The molecular formula is C12H22N2O. The molecule has 3 aliphatic heterocycles. The Kier molecular flexibility index (Phi) is 2.95. The fourth-order valence-electron chi connectivity index (χ4n) is 3.36. The van der Waals surface area contributed by atoms with Crippen LogP contribution in [-0.4, -0.2) is 49.8 Å². The monoisotopic (exact) mass is 210 g/mol. The van der Waals surface area contributed by atoms with Gasteiger partial charge in [0.05, 0.1) is 6.10 Å². The van der Waals surface area contributed by atoms with Crippen molar-refractivity contribution in [1.29, 1.82) is 0 Å². The van der Waals surface area contributed by atoms with E-state index in [4.69, 9.17) is 4.74 Å². The molecule has 3 heterocycles. The van der Waals surface area contributed by atoms with Gasteiger partial charge in [-0.3, -0.25) is 4.90 Å². The van der Waals surface area contributed by atoms with Crippen LogP contribution in [0.3, 0.4) is 0 Å². The Morgan fingerprint density at radius 3 is 3.00 bits per heavy atom. The molecule has 0 aromatic carbocycles. The van der Waals surface area contributed by atoms with Crippen molar-refractivity contribution in [3.05, 3.63) is 0 Å². The van der Waals surface area contributed by atoms with Crippen LogP contribution < -0.4 is 5.32 Å². The highest BCUT2D eigenvalue weighted by Crippen LogP contribution is 2.26. The molecule has 0 aromatic rings. The summed E-state index contributed by atoms with van der Waals surface area (Å²) in [6, 6.07) is 0.778. The first-order valence-electron chi connectivity index (χ1n) is 6.49. The highest BCUT2D eigenvalue weighted by molar-refractivity contribution is 4.92. The molecule has 0 spiro atoms. The van der Waals surface area contributed by atoms with Crippen molar-refractivity contribution >= 4 is 0 Å². The maximum atomic E-state index is 5.71. The molecule has 0 aliphatic carbocycles. The number of fused-ring (bicyclic) bond motifs is 1. The van der Waals surface area contributed by atoms with Gasteiger partial charge < -0.3 is 10.1 Å². The summed E-state index contributed by atoms with van der Waals surface area (Å²) in [6.45, 7) is 5.95. The fourth-order valence-corrected chi connectivity index (χ4v) is 3.36. The van der Waals surface area contributed by atoms with Crippen LogP contribution in [0.2, 0.25) is 0 Å². The maximum Gasteiger partial charge on any atom is 0.0702 e. The van der Waals surface area contributed by atoms with Gasteiger partial charge >= 0.3 is 0 Å². The second kappa shape index (κ2) is 4.40. The number of piperidine rings is 1. The third-order valence-electron chi connectivity index (χ3n) is 4.16. The van der Waals surface area contributed by atoms with Gasteiger partial charge in [0, 0.05) is 32.3 Å². The zero-order chi connectivity index (χ0) is 10.1. The van der Waals surface area contributed by atoms with E-state index in [1.165, 1.54) is 51.9 Å². The smallest absolute Gasteiger partial charge is 0.0702 e. The van der Waals surface area contributed by atoms with Gasteiger partial charge in [-0.15, -0.1) is 0 Å². The lowest BCUT2D eigenvalue weighted by Gasteiger charge is -2.24. The lowest BCUT2D eigenvalue weighted by atomic mass is 9.94. The van der Waals surface area contributed by atoms with Crippen molar-refractivity contribution in [3.63, 3.8) is 0 Å². The van der Waals surface area contributed by atoms with Gasteiger partial charge in [0.1, 0.15) is 0 Å². The summed E-state index contributed by atoms with van der Waals surface area (Å²) in [5.74, 6) is 0.917. The summed E-state index contributed by atoms with van der Waals surface area (Å²) in [6.07, 6.45) is 5.88. The summed E-state index contributed by atoms with van der Waals surface area (Å²) in [5.41, 5.74) is 0. The van der Waals surface area contributed by atoms with Gasteiger partial charge in [-0.2, -0.15) is 0 Å². The van der Waals surface area contributed by atoms with Crippen LogP contribution in [0, 0.1) is 5.92 Å². The van der Waals surface area contributed by atoms with E-state index in [0.717, 1.165) is 18.6 Å². The van der Waals surface area contributed by atoms with E-state index in [2.05, 4.69) is 10.2 Å². The van der Waals surface area contributed by atoms with Crippen molar-refractivity contribution in [2.75, 3.05) is 32.8 Å². The van der Waals surface area contributed by atoms with E-state index >= 15 is 0 Å². The quantitative estimate of drug-likeness (QED) is 0.731. The van der Waals surface area contributed by atoms with Crippen molar-refractivity contribution in [2.24, 2.45) is 5.92 Å². The molecule has 3 rings (SSSR count). The fraction of sp³-hybridized carbons (Fsp3) is 1.00. The number of nitrogens with one attached hydrogen (secondary N) is 1. The van der Waals surface area contributed by atoms with E-state index in [0.29, 0.717) is 6.10 Å². The SMILES string of the molecule is C1COC(CN2CC3CCCNC3C2)C1. The standard InChI is InChI=1S/C12H22N2O/c1-3-10-7-14(9-12(10)13-5-1)8-11-4-2-6-15-11/h10-13H,1-9H2. The number of ether oxygens (including phenoxy) is 1. The minimum Gasteiger partial charge on any atom is -0.377 e. The maximum absolute atomic E-state index is 5.71. The molecule has 0 amide bonds. The molecule has 3 heteroatoms. The van der Waals surface area contributed by atoms with Crippen LogP contribution in [0.15, 0.2) is 0 Å². The van der Waals surface area contributed by atoms with Gasteiger partial charge in [-0.1, -0.05) is 0 Å². The molecule has 3 fully saturated rings. The second-order valence-electron chi connectivity index (χ2n) is 5.32. The number of nitrogens with zero attached hydrogens (tertiary/aromatic N) is 1. The van der Waals surface area contributed by atoms with Crippen LogP contribution in [-0.2, 0) is 4.74 Å². The van der Waals surface area contributed by atoms with Crippen molar-refractivity contribution in [1.82, 2.24) is 10.2 Å². The van der Waals surface area contributed by atoms with Gasteiger partial charge in [-0.25, -0.2) is 0 Å². The molecule has 3 aliphatic rings. The topological polar surface area (TPSA) is 24.5 Å². The summed E-state index contributed by atoms with van der Waals surface area (Å²) >= 11 is 0. The Morgan fingerprint density at radius 2 is 2.20 bits per heavy atom. The van der Waals surface area contributed by atoms with E-state index in [9.17, 15) is 0 Å². The predicted molar refractivity (Wildman–Crippen MR) is 59.9 cm³/mol. The molecule has 1 N–H and O–H groups in total. The lowest BCUT2D eigenvalue weighted by Crippen LogP contribution is -2.41. The first-order valence-corrected chi connectivity index (χ1v) is 6.49. The lowest BCUT2D eigenvalue weighted by molar-refractivity contribution is 0.0793. The Balaban J connectivity index is 1.51. The molecule has 0 aromatic heterocycles. The normalized spacial score (nSPS) is 42.0. The number of hydrogen-bond acceptors (Lipinski definition) is 3. The Labute approximate surface area is 92.2 Å². The molecule has 86 valence electrons. The summed E-state index contributed by atoms with van der Waals surface area (Å²) < 4.78 is 5.71. The molecule has 3 atom stereocenters. The molecule has 0 saturated carbocycles. The van der Waals surface area contributed by atoms with E-state index in [-0.39, 0.29) is 0 Å². The van der Waals surface area contributed by atoms with Gasteiger partial charge in [0.25, 0.3) is 0 Å². The van der Waals surface area contributed by atoms with Crippen LogP contribution in [0.5, 0.6) is 0 Å². The first kappa shape index (κ1) is 10.1. The third-order valence-corrected chi connectivity index (χ3v) is 4.16. The summed E-state index contributed by atoms with van der Waals surface area (Å²) in [5, 5.41) is 3.65. The van der Waals surface area contributed by atoms with Crippen LogP contribution in [0.25, 0.3) is 0 Å². The average Bonchev–Trinajstić information content (AvgIpc) is 2.86. The molecule has 15 heavy (non-hydrogen) atoms. The van der Waals surface area contributed by atoms with Crippen LogP contribution in [0.4, 0.5) is 0 Å². The van der Waals surface area contributed by atoms with E-state index in [1.54, 1.807) is 0 Å². The van der Waals surface area contributed by atoms with Crippen molar-refractivity contribution in [3.8, 4) is 0 Å². The molecule has 0 radical (unpaired) electrons. The number of likely N-dealkylation sites (tertiary alicyclic amines) is 1. The zero-order valence-corrected chi connectivity index (χ0v) is 9.45. The summed E-state index contributed by atoms with van der Waals surface area (Å²) in [7, 11) is 0. The third kappa shape index (κ3) is 2.19. The van der Waals surface area contributed by atoms with Crippen LogP contribution in [0.1, 0.15) is 25.7 Å². The minimum absolute atomic E-state index is 0.533. The largest absolute Gasteiger partial charge is 0.377 e. The molecule has 3 unspecified atom stereocenters. The van der Waals surface area contributed by atoms with Crippen molar-refractivity contribution in [2.45, 2.75) is 37.8 Å². The molecular weight excluding hydrogens is 188 g/mol. The zero-order valence-electron chi connectivity index (χ0n) is 9.45. The highest BCUT2D eigenvalue weighted by Gasteiger charge is 2.35. The Morgan fingerprint density at radius 1 is 1.20 bits per heavy atom. The molecule has 3 nitrogen and oxygen atoms in total. The highest BCUT2D eigenvalue weighted by atomic mass is 16.5. The molecule has 3 saturated heterocycles. The first-order chi connectivity index (χ1) is 7.42. The van der Waals surface area contributed by atoms with E-state index < -0.39 is 0 Å². The van der Waals surface area contributed by atoms with Crippen LogP contribution >= 0.6 is 0 Å². The van der Waals surface area contributed by atoms with Crippen molar-refractivity contribution < 1.29 is 4.74 Å². The second-order valence-corrected chi connectivity index (χ2v) is 5.32. The molecule has 0 bridgehead atoms. The van der Waals surface area contributed by atoms with E-state index in [1.807, 2.05) is 0 Å². The van der Waals surface area contributed by atoms with Gasteiger partial charge in [-0.05, 0) is 38.1 Å². The average molecular weight is 210 g/mol. The number of rotatable bonds is 2. The van der Waals surface area contributed by atoms with Gasteiger partial charge in [0.15, 0.2) is 0 Å². The van der Waals surface area contributed by atoms with Gasteiger partial charge in [0.2, 0.25) is 0 Å². The predicted octanol–water partition coefficient (Wildman–Crippen LogP) is 0.849. The minimum atomic E-state index is 0.533. The summed E-state index contributed by atoms with van der Waals surface area (Å²) in [4.78, 5) is 2.61. The Bertz CT molecular complexity index is 202. The Hall–Kier alpha value is -0.120.